The number of hydrogen-bond donors (Lipinski definition) is 3. The normalized spacial score (nSPS) is 10.5. The molecule has 0 radical (unpaired) electrons. The highest BCUT2D eigenvalue weighted by molar-refractivity contribution is 5.94. The van der Waals surface area contributed by atoms with Crippen molar-refractivity contribution in [3.05, 3.63) is 29.8 Å². The molecule has 0 saturated carbocycles. The molecule has 0 aliphatic heterocycles. The van der Waals surface area contributed by atoms with Crippen molar-refractivity contribution in [1.82, 2.24) is 10.2 Å². The number of nitrogens with one attached hydrogen (secondary N) is 2. The van der Waals surface area contributed by atoms with E-state index in [9.17, 15) is 4.79 Å². The molecule has 6 heteroatoms. The van der Waals surface area contributed by atoms with Gasteiger partial charge in [0.05, 0.1) is 6.61 Å². The summed E-state index contributed by atoms with van der Waals surface area (Å²) in [4.78, 5) is 13.9. The molecular weight excluding hydrogens is 244 g/mol. The molecule has 1 aromatic carbocycles. The first-order chi connectivity index (χ1) is 9.17. The van der Waals surface area contributed by atoms with E-state index in [2.05, 4.69) is 15.6 Å². The zero-order valence-electron chi connectivity index (χ0n) is 11.5. The predicted molar refractivity (Wildman–Crippen MR) is 76.0 cm³/mol. The summed E-state index contributed by atoms with van der Waals surface area (Å²) < 4.78 is 4.99. The van der Waals surface area contributed by atoms with Crippen molar-refractivity contribution in [2.45, 2.75) is 0 Å². The molecule has 1 amide bonds. The number of amides is 1. The lowest BCUT2D eigenvalue weighted by Gasteiger charge is -2.16. The molecule has 0 aliphatic carbocycles. The van der Waals surface area contributed by atoms with Gasteiger partial charge in [-0.15, -0.1) is 0 Å². The lowest BCUT2D eigenvalue weighted by atomic mass is 10.2. The number of benzene rings is 1. The van der Waals surface area contributed by atoms with Gasteiger partial charge in [-0.1, -0.05) is 0 Å². The SMILES string of the molecule is COCCN(C)CCNC(=O)c1ccc(NN)cc1. The molecule has 0 unspecified atom stereocenters. The molecule has 0 fully saturated rings. The maximum absolute atomic E-state index is 11.8. The Hall–Kier alpha value is -1.63. The van der Waals surface area contributed by atoms with Gasteiger partial charge in [-0.3, -0.25) is 10.6 Å². The smallest absolute Gasteiger partial charge is 0.251 e. The van der Waals surface area contributed by atoms with Crippen LogP contribution in [0.1, 0.15) is 10.4 Å². The number of hydrazine groups is 1. The van der Waals surface area contributed by atoms with Crippen LogP contribution >= 0.6 is 0 Å². The lowest BCUT2D eigenvalue weighted by Crippen LogP contribution is -2.34. The number of likely N-dealkylation sites (N-methyl/N-ethyl adjacent to an activating group) is 1. The summed E-state index contributed by atoms with van der Waals surface area (Å²) in [7, 11) is 3.67. The number of carbonyl (C=O) groups excluding carboxylic acids is 1. The molecule has 0 atom stereocenters. The molecule has 1 aromatic rings. The van der Waals surface area contributed by atoms with Gasteiger partial charge in [0.2, 0.25) is 0 Å². The van der Waals surface area contributed by atoms with Crippen LogP contribution in [-0.2, 0) is 4.74 Å². The zero-order chi connectivity index (χ0) is 14.1. The van der Waals surface area contributed by atoms with Crippen LogP contribution in [0.3, 0.4) is 0 Å². The van der Waals surface area contributed by atoms with Crippen LogP contribution in [0.25, 0.3) is 0 Å². The van der Waals surface area contributed by atoms with Crippen molar-refractivity contribution < 1.29 is 9.53 Å². The topological polar surface area (TPSA) is 79.6 Å². The van der Waals surface area contributed by atoms with Crippen molar-refractivity contribution in [1.29, 1.82) is 0 Å². The minimum atomic E-state index is -0.0799. The first-order valence-corrected chi connectivity index (χ1v) is 6.19. The number of nitrogens with two attached hydrogens (primary N) is 1. The summed E-state index contributed by atoms with van der Waals surface area (Å²) in [5.41, 5.74) is 3.92. The van der Waals surface area contributed by atoms with Crippen LogP contribution in [0.2, 0.25) is 0 Å². The van der Waals surface area contributed by atoms with Crippen molar-refractivity contribution >= 4 is 11.6 Å². The summed E-state index contributed by atoms with van der Waals surface area (Å²) in [6.45, 7) is 2.94. The summed E-state index contributed by atoms with van der Waals surface area (Å²) in [5.74, 6) is 5.18. The molecule has 106 valence electrons. The van der Waals surface area contributed by atoms with Crippen LogP contribution in [0, 0.1) is 0 Å². The van der Waals surface area contributed by atoms with E-state index in [1.807, 2.05) is 7.05 Å². The minimum absolute atomic E-state index is 0.0799. The van der Waals surface area contributed by atoms with E-state index in [4.69, 9.17) is 10.6 Å². The number of rotatable bonds is 8. The van der Waals surface area contributed by atoms with E-state index < -0.39 is 0 Å². The van der Waals surface area contributed by atoms with Crippen LogP contribution < -0.4 is 16.6 Å². The van der Waals surface area contributed by atoms with Gasteiger partial charge in [0, 0.05) is 38.0 Å². The fraction of sp³-hybridized carbons (Fsp3) is 0.462. The largest absolute Gasteiger partial charge is 0.383 e. The standard InChI is InChI=1S/C13H22N4O2/c1-17(9-10-19-2)8-7-15-13(18)11-3-5-12(16-14)6-4-11/h3-6,16H,7-10,14H2,1-2H3,(H,15,18). The zero-order valence-corrected chi connectivity index (χ0v) is 11.5. The Morgan fingerprint density at radius 2 is 2.00 bits per heavy atom. The van der Waals surface area contributed by atoms with Crippen LogP contribution in [0.5, 0.6) is 0 Å². The monoisotopic (exact) mass is 266 g/mol. The second-order valence-corrected chi connectivity index (χ2v) is 4.27. The van der Waals surface area contributed by atoms with Gasteiger partial charge in [-0.2, -0.15) is 0 Å². The molecule has 4 N–H and O–H groups in total. The second kappa shape index (κ2) is 8.47. The number of carbonyl (C=O) groups is 1. The van der Waals surface area contributed by atoms with Gasteiger partial charge in [0.15, 0.2) is 0 Å². The van der Waals surface area contributed by atoms with Crippen molar-refractivity contribution in [2.75, 3.05) is 45.8 Å². The van der Waals surface area contributed by atoms with Crippen LogP contribution in [0.4, 0.5) is 5.69 Å². The molecule has 0 spiro atoms. The minimum Gasteiger partial charge on any atom is -0.383 e. The van der Waals surface area contributed by atoms with Gasteiger partial charge in [-0.05, 0) is 31.3 Å². The first-order valence-electron chi connectivity index (χ1n) is 6.19. The Morgan fingerprint density at radius 1 is 1.32 bits per heavy atom. The third-order valence-electron chi connectivity index (χ3n) is 2.77. The highest BCUT2D eigenvalue weighted by atomic mass is 16.5. The lowest BCUT2D eigenvalue weighted by molar-refractivity contribution is 0.0947. The average Bonchev–Trinajstić information content (AvgIpc) is 2.45. The van der Waals surface area contributed by atoms with Crippen molar-refractivity contribution in [3.8, 4) is 0 Å². The Balaban J connectivity index is 2.30. The molecule has 0 heterocycles. The Kier molecular flexibility index (Phi) is 6.88. The molecule has 0 aromatic heterocycles. The van der Waals surface area contributed by atoms with E-state index in [0.29, 0.717) is 18.7 Å². The van der Waals surface area contributed by atoms with Crippen LogP contribution in [0.15, 0.2) is 24.3 Å². The highest BCUT2D eigenvalue weighted by Gasteiger charge is 2.05. The van der Waals surface area contributed by atoms with Gasteiger partial charge in [0.25, 0.3) is 5.91 Å². The van der Waals surface area contributed by atoms with Gasteiger partial charge < -0.3 is 20.4 Å². The highest BCUT2D eigenvalue weighted by Crippen LogP contribution is 2.07. The van der Waals surface area contributed by atoms with E-state index in [0.717, 1.165) is 18.8 Å². The maximum atomic E-state index is 11.8. The summed E-state index contributed by atoms with van der Waals surface area (Å²) >= 11 is 0. The van der Waals surface area contributed by atoms with Crippen LogP contribution in [-0.4, -0.2) is 51.2 Å². The Labute approximate surface area is 113 Å². The first kappa shape index (κ1) is 15.4. The molecule has 6 nitrogen and oxygen atoms in total. The summed E-state index contributed by atoms with van der Waals surface area (Å²) in [6.07, 6.45) is 0. The number of anilines is 1. The third kappa shape index (κ3) is 5.69. The quantitative estimate of drug-likeness (QED) is 0.465. The fourth-order valence-corrected chi connectivity index (χ4v) is 1.54. The van der Waals surface area contributed by atoms with Crippen molar-refractivity contribution in [3.63, 3.8) is 0 Å². The molecule has 0 saturated heterocycles. The number of nitrogens with zero attached hydrogens (tertiary/aromatic N) is 1. The number of nitrogen functional groups attached to an aromatic ring is 1. The van der Waals surface area contributed by atoms with E-state index in [-0.39, 0.29) is 5.91 Å². The van der Waals surface area contributed by atoms with Gasteiger partial charge in [-0.25, -0.2) is 0 Å². The molecule has 19 heavy (non-hydrogen) atoms. The average molecular weight is 266 g/mol. The molecule has 1 rings (SSSR count). The van der Waals surface area contributed by atoms with E-state index in [1.165, 1.54) is 0 Å². The summed E-state index contributed by atoms with van der Waals surface area (Å²) in [5, 5.41) is 2.87. The van der Waals surface area contributed by atoms with E-state index in [1.54, 1.807) is 31.4 Å². The Morgan fingerprint density at radius 3 is 2.58 bits per heavy atom. The molecular formula is C13H22N4O2. The predicted octanol–water partition coefficient (Wildman–Crippen LogP) is 0.280. The fourth-order valence-electron chi connectivity index (χ4n) is 1.54. The number of methoxy groups -OCH3 is 1. The number of ether oxygens (including phenoxy) is 1. The van der Waals surface area contributed by atoms with E-state index >= 15 is 0 Å². The second-order valence-electron chi connectivity index (χ2n) is 4.27. The van der Waals surface area contributed by atoms with Gasteiger partial charge in [0.1, 0.15) is 0 Å². The van der Waals surface area contributed by atoms with Gasteiger partial charge >= 0.3 is 0 Å². The number of hydrogen-bond acceptors (Lipinski definition) is 5. The Bertz CT molecular complexity index is 381. The summed E-state index contributed by atoms with van der Waals surface area (Å²) in [6, 6.07) is 7.00. The third-order valence-corrected chi connectivity index (χ3v) is 2.77. The van der Waals surface area contributed by atoms with Crippen molar-refractivity contribution in [2.24, 2.45) is 5.84 Å². The molecule has 0 bridgehead atoms. The molecule has 0 aliphatic rings. The maximum Gasteiger partial charge on any atom is 0.251 e.